The third kappa shape index (κ3) is 6.95. The van der Waals surface area contributed by atoms with Crippen molar-refractivity contribution in [1.29, 1.82) is 0 Å². The Bertz CT molecular complexity index is 478. The number of carbonyl (C=O) groups is 4. The number of hydrogen-bond acceptors (Lipinski definition) is 5. The second-order valence-corrected chi connectivity index (χ2v) is 6.29. The van der Waals surface area contributed by atoms with Crippen LogP contribution in [0.2, 0.25) is 0 Å². The second-order valence-electron chi connectivity index (χ2n) is 6.29. The fraction of sp³-hybridized carbons (Fsp3) is 0.733. The molecule has 0 saturated heterocycles. The number of nitrogens with two attached hydrogens (primary N) is 1. The monoisotopic (exact) mass is 344 g/mol. The first kappa shape index (κ1) is 21.8. The van der Waals surface area contributed by atoms with Crippen LogP contribution in [-0.4, -0.2) is 53.5 Å². The number of amides is 3. The van der Waals surface area contributed by atoms with Gasteiger partial charge >= 0.3 is 5.97 Å². The Balaban J connectivity index is 4.84. The van der Waals surface area contributed by atoms with Crippen molar-refractivity contribution in [3.63, 3.8) is 0 Å². The molecule has 24 heavy (non-hydrogen) atoms. The van der Waals surface area contributed by atoms with Gasteiger partial charge in [-0.25, -0.2) is 4.79 Å². The van der Waals surface area contributed by atoms with Crippen molar-refractivity contribution in [3.05, 3.63) is 0 Å². The van der Waals surface area contributed by atoms with Gasteiger partial charge in [0.05, 0.1) is 6.54 Å². The highest BCUT2D eigenvalue weighted by molar-refractivity contribution is 5.93. The Morgan fingerprint density at radius 1 is 0.833 bits per heavy atom. The van der Waals surface area contributed by atoms with E-state index in [-0.39, 0.29) is 18.4 Å². The van der Waals surface area contributed by atoms with Crippen LogP contribution >= 0.6 is 0 Å². The van der Waals surface area contributed by atoms with Crippen molar-refractivity contribution in [2.24, 2.45) is 17.6 Å². The van der Waals surface area contributed by atoms with Gasteiger partial charge < -0.3 is 26.8 Å². The Kier molecular flexibility index (Phi) is 8.97. The lowest BCUT2D eigenvalue weighted by Gasteiger charge is -2.25. The molecule has 0 bridgehead atoms. The lowest BCUT2D eigenvalue weighted by molar-refractivity contribution is -0.143. The predicted molar refractivity (Wildman–Crippen MR) is 87.8 cm³/mol. The molecule has 0 rings (SSSR count). The van der Waals surface area contributed by atoms with Crippen LogP contribution in [0.15, 0.2) is 0 Å². The van der Waals surface area contributed by atoms with Crippen molar-refractivity contribution in [3.8, 4) is 0 Å². The molecule has 0 saturated carbocycles. The average molecular weight is 344 g/mol. The number of carbonyl (C=O) groups excluding carboxylic acids is 3. The minimum atomic E-state index is -1.15. The Labute approximate surface area is 141 Å². The SMILES string of the molecule is CC(NC(=O)C(NC(=O)CN)C(C)C)C(=O)NC(C(=O)O)C(C)C. The molecule has 0 aliphatic heterocycles. The van der Waals surface area contributed by atoms with E-state index in [0.717, 1.165) is 0 Å². The van der Waals surface area contributed by atoms with E-state index in [1.807, 2.05) is 0 Å². The zero-order valence-electron chi connectivity index (χ0n) is 14.8. The molecule has 138 valence electrons. The first-order chi connectivity index (χ1) is 11.0. The molecule has 0 fully saturated rings. The number of aliphatic carboxylic acids is 1. The summed E-state index contributed by atoms with van der Waals surface area (Å²) in [5, 5.41) is 16.4. The zero-order valence-corrected chi connectivity index (χ0v) is 14.8. The predicted octanol–water partition coefficient (Wildman–Crippen LogP) is -1.18. The van der Waals surface area contributed by atoms with Gasteiger partial charge in [0.1, 0.15) is 18.1 Å². The highest BCUT2D eigenvalue weighted by Crippen LogP contribution is 2.04. The van der Waals surface area contributed by atoms with E-state index in [1.165, 1.54) is 6.92 Å². The van der Waals surface area contributed by atoms with Crippen LogP contribution in [0.4, 0.5) is 0 Å². The smallest absolute Gasteiger partial charge is 0.326 e. The summed E-state index contributed by atoms with van der Waals surface area (Å²) in [7, 11) is 0. The normalized spacial score (nSPS) is 14.7. The van der Waals surface area contributed by atoms with Crippen molar-refractivity contribution in [1.82, 2.24) is 16.0 Å². The Morgan fingerprint density at radius 2 is 1.33 bits per heavy atom. The lowest BCUT2D eigenvalue weighted by Crippen LogP contribution is -2.57. The first-order valence-electron chi connectivity index (χ1n) is 7.84. The molecule has 0 aromatic rings. The minimum absolute atomic E-state index is 0.210. The van der Waals surface area contributed by atoms with Gasteiger partial charge in [0.2, 0.25) is 17.7 Å². The van der Waals surface area contributed by atoms with E-state index < -0.39 is 41.8 Å². The van der Waals surface area contributed by atoms with Crippen LogP contribution < -0.4 is 21.7 Å². The number of nitrogens with one attached hydrogen (secondary N) is 3. The summed E-state index contributed by atoms with van der Waals surface area (Å²) in [6.07, 6.45) is 0. The fourth-order valence-electron chi connectivity index (χ4n) is 1.93. The maximum atomic E-state index is 12.2. The topological polar surface area (TPSA) is 151 Å². The van der Waals surface area contributed by atoms with Crippen LogP contribution in [0.3, 0.4) is 0 Å². The minimum Gasteiger partial charge on any atom is -0.480 e. The van der Waals surface area contributed by atoms with Gasteiger partial charge in [0.15, 0.2) is 0 Å². The quantitative estimate of drug-likeness (QED) is 0.355. The molecule has 9 heteroatoms. The highest BCUT2D eigenvalue weighted by atomic mass is 16.4. The molecule has 0 aliphatic rings. The number of rotatable bonds is 9. The van der Waals surface area contributed by atoms with Crippen molar-refractivity contribution in [2.45, 2.75) is 52.7 Å². The van der Waals surface area contributed by atoms with Gasteiger partial charge in [0.25, 0.3) is 0 Å². The zero-order chi connectivity index (χ0) is 19.0. The Hall–Kier alpha value is -2.16. The third-order valence-electron chi connectivity index (χ3n) is 3.43. The van der Waals surface area contributed by atoms with Crippen LogP contribution in [0.5, 0.6) is 0 Å². The largest absolute Gasteiger partial charge is 0.480 e. The van der Waals surface area contributed by atoms with E-state index in [0.29, 0.717) is 0 Å². The summed E-state index contributed by atoms with van der Waals surface area (Å²) in [6.45, 7) is 8.00. The van der Waals surface area contributed by atoms with Crippen LogP contribution in [0, 0.1) is 11.8 Å². The summed E-state index contributed by atoms with van der Waals surface area (Å²) < 4.78 is 0. The number of carboxylic acid groups (broad SMARTS) is 1. The van der Waals surface area contributed by atoms with Gasteiger partial charge in [-0.1, -0.05) is 27.7 Å². The summed E-state index contributed by atoms with van der Waals surface area (Å²) in [4.78, 5) is 46.8. The summed E-state index contributed by atoms with van der Waals surface area (Å²) in [5.74, 6) is -3.29. The molecule has 9 nitrogen and oxygen atoms in total. The molecule has 0 spiro atoms. The molecule has 0 aromatic carbocycles. The van der Waals surface area contributed by atoms with E-state index in [4.69, 9.17) is 10.8 Å². The van der Waals surface area contributed by atoms with Crippen molar-refractivity contribution < 1.29 is 24.3 Å². The number of carboxylic acids is 1. The molecule has 0 heterocycles. The molecule has 0 radical (unpaired) electrons. The van der Waals surface area contributed by atoms with E-state index in [9.17, 15) is 19.2 Å². The average Bonchev–Trinajstić information content (AvgIpc) is 2.48. The summed E-state index contributed by atoms with van der Waals surface area (Å²) in [5.41, 5.74) is 5.22. The summed E-state index contributed by atoms with van der Waals surface area (Å²) >= 11 is 0. The maximum absolute atomic E-state index is 12.2. The van der Waals surface area contributed by atoms with Crippen LogP contribution in [-0.2, 0) is 19.2 Å². The van der Waals surface area contributed by atoms with Gasteiger partial charge in [-0.05, 0) is 18.8 Å². The van der Waals surface area contributed by atoms with Crippen molar-refractivity contribution >= 4 is 23.7 Å². The molecule has 6 N–H and O–H groups in total. The maximum Gasteiger partial charge on any atom is 0.326 e. The molecule has 3 amide bonds. The van der Waals surface area contributed by atoms with Crippen LogP contribution in [0.1, 0.15) is 34.6 Å². The second kappa shape index (κ2) is 9.86. The summed E-state index contributed by atoms with van der Waals surface area (Å²) in [6, 6.07) is -2.83. The lowest BCUT2D eigenvalue weighted by atomic mass is 10.0. The van der Waals surface area contributed by atoms with E-state index >= 15 is 0 Å². The number of hydrogen-bond donors (Lipinski definition) is 5. The van der Waals surface area contributed by atoms with Gasteiger partial charge in [0, 0.05) is 0 Å². The fourth-order valence-corrected chi connectivity index (χ4v) is 1.93. The van der Waals surface area contributed by atoms with Crippen LogP contribution in [0.25, 0.3) is 0 Å². The van der Waals surface area contributed by atoms with Gasteiger partial charge in [-0.2, -0.15) is 0 Å². The molecule has 0 aliphatic carbocycles. The molecule has 3 unspecified atom stereocenters. The van der Waals surface area contributed by atoms with E-state index in [2.05, 4.69) is 16.0 Å². The Morgan fingerprint density at radius 3 is 1.71 bits per heavy atom. The molecular formula is C15H28N4O5. The third-order valence-corrected chi connectivity index (χ3v) is 3.43. The molecule has 0 aromatic heterocycles. The highest BCUT2D eigenvalue weighted by Gasteiger charge is 2.29. The molecular weight excluding hydrogens is 316 g/mol. The van der Waals surface area contributed by atoms with Gasteiger partial charge in [-0.3, -0.25) is 14.4 Å². The van der Waals surface area contributed by atoms with Gasteiger partial charge in [-0.15, -0.1) is 0 Å². The first-order valence-corrected chi connectivity index (χ1v) is 7.84. The van der Waals surface area contributed by atoms with E-state index in [1.54, 1.807) is 27.7 Å². The molecule has 3 atom stereocenters. The van der Waals surface area contributed by atoms with Crippen molar-refractivity contribution in [2.75, 3.05) is 6.54 Å². The standard InChI is InChI=1S/C15H28N4O5/c1-7(2)11(18-10(20)6-16)14(22)17-9(5)13(21)19-12(8(3)4)15(23)24/h7-9,11-12H,6,16H2,1-5H3,(H,17,22)(H,18,20)(H,19,21)(H,23,24).